The van der Waals surface area contributed by atoms with Crippen LogP contribution < -0.4 is 0 Å². The van der Waals surface area contributed by atoms with E-state index in [1.54, 1.807) is 0 Å². The molecule has 12 nitrogen and oxygen atoms in total. The summed E-state index contributed by atoms with van der Waals surface area (Å²) in [5.41, 5.74) is 0. The molecule has 2 unspecified atom stereocenters. The maximum atomic E-state index is 10.8. The number of rotatable bonds is 6. The number of hydrogen-bond donors (Lipinski definition) is 8. The number of carboxylic acid groups (broad SMARTS) is 1. The van der Waals surface area contributed by atoms with Crippen molar-refractivity contribution in [1.29, 1.82) is 0 Å². The van der Waals surface area contributed by atoms with Gasteiger partial charge in [-0.05, 0) is 0 Å². The zero-order valence-corrected chi connectivity index (χ0v) is 13.6. The maximum absolute atomic E-state index is 10.8. The average Bonchev–Trinajstić information content (AvgIpc) is 2.60. The van der Waals surface area contributed by atoms with E-state index in [9.17, 15) is 35.4 Å². The van der Waals surface area contributed by atoms with E-state index in [-0.39, 0.29) is 0 Å². The monoisotopic (exact) mass is 384 g/mol. The van der Waals surface area contributed by atoms with Crippen molar-refractivity contribution in [3.8, 4) is 0 Å². The van der Waals surface area contributed by atoms with Gasteiger partial charge in [0.1, 0.15) is 48.8 Å². The Hall–Kier alpha value is -0.930. The third-order valence-corrected chi connectivity index (χ3v) is 4.48. The fourth-order valence-electron chi connectivity index (χ4n) is 3.01. The van der Waals surface area contributed by atoms with Crippen molar-refractivity contribution in [3.05, 3.63) is 0 Å². The number of hydrogen-bond acceptors (Lipinski definition) is 11. The Bertz CT molecular complexity index is 471. The van der Waals surface area contributed by atoms with Crippen LogP contribution in [0.1, 0.15) is 6.42 Å². The van der Waals surface area contributed by atoms with E-state index in [1.165, 1.54) is 0 Å². The minimum Gasteiger partial charge on any atom is -0.481 e. The molecule has 2 aliphatic rings. The van der Waals surface area contributed by atoms with Gasteiger partial charge in [0.2, 0.25) is 0 Å². The summed E-state index contributed by atoms with van der Waals surface area (Å²) in [5, 5.41) is 77.1. The Morgan fingerprint density at radius 3 is 1.88 bits per heavy atom. The summed E-state index contributed by atoms with van der Waals surface area (Å²) in [6, 6.07) is 0. The van der Waals surface area contributed by atoms with Crippen LogP contribution in [0.15, 0.2) is 0 Å². The first kappa shape index (κ1) is 21.4. The summed E-state index contributed by atoms with van der Waals surface area (Å²) in [4.78, 5) is 10.8. The number of carboxylic acids is 1. The van der Waals surface area contributed by atoms with Gasteiger partial charge in [0.05, 0.1) is 25.7 Å². The second-order valence-corrected chi connectivity index (χ2v) is 6.27. The van der Waals surface area contributed by atoms with Gasteiger partial charge in [0.15, 0.2) is 6.29 Å². The van der Waals surface area contributed by atoms with Crippen molar-refractivity contribution in [2.75, 3.05) is 13.2 Å². The molecule has 0 saturated carbocycles. The Labute approximate surface area is 147 Å². The van der Waals surface area contributed by atoms with Gasteiger partial charge in [0, 0.05) is 0 Å². The summed E-state index contributed by atoms with van der Waals surface area (Å²) in [7, 11) is 0. The summed E-state index contributed by atoms with van der Waals surface area (Å²) in [6.07, 6.45) is -15.9. The Kier molecular flexibility index (Phi) is 7.27. The van der Waals surface area contributed by atoms with E-state index in [2.05, 4.69) is 0 Å². The first-order valence-electron chi connectivity index (χ1n) is 8.01. The fraction of sp³-hybridized carbons (Fsp3) is 0.929. The van der Waals surface area contributed by atoms with Crippen LogP contribution in [0.2, 0.25) is 0 Å². The summed E-state index contributed by atoms with van der Waals surface area (Å²) >= 11 is 0. The van der Waals surface area contributed by atoms with Gasteiger partial charge in [-0.3, -0.25) is 4.79 Å². The van der Waals surface area contributed by atoms with Gasteiger partial charge in [-0.15, -0.1) is 0 Å². The van der Waals surface area contributed by atoms with Gasteiger partial charge < -0.3 is 55.1 Å². The molecule has 0 aromatic rings. The van der Waals surface area contributed by atoms with E-state index in [4.69, 9.17) is 24.4 Å². The molecule has 0 aromatic carbocycles. The van der Waals surface area contributed by atoms with E-state index in [0.717, 1.165) is 0 Å². The topological polar surface area (TPSA) is 207 Å². The fourth-order valence-corrected chi connectivity index (χ4v) is 3.01. The highest BCUT2D eigenvalue weighted by Gasteiger charge is 2.50. The molecule has 0 radical (unpaired) electrons. The van der Waals surface area contributed by atoms with Crippen LogP contribution in [0.5, 0.6) is 0 Å². The summed E-state index contributed by atoms with van der Waals surface area (Å²) in [6.45, 7) is -1.40. The van der Waals surface area contributed by atoms with Crippen molar-refractivity contribution >= 4 is 5.97 Å². The highest BCUT2D eigenvalue weighted by atomic mass is 16.7. The number of aliphatic carboxylic acids is 1. The van der Waals surface area contributed by atoms with Gasteiger partial charge in [-0.25, -0.2) is 0 Å². The Balaban J connectivity index is 2.12. The number of aliphatic hydroxyl groups is 7. The Morgan fingerprint density at radius 1 is 0.769 bits per heavy atom. The van der Waals surface area contributed by atoms with Gasteiger partial charge in [-0.1, -0.05) is 0 Å². The first-order valence-corrected chi connectivity index (χ1v) is 8.01. The number of aliphatic hydroxyl groups excluding tert-OH is 7. The summed E-state index contributed by atoms with van der Waals surface area (Å²) in [5.74, 6) is -1.29. The van der Waals surface area contributed by atoms with Crippen LogP contribution in [0, 0.1) is 0 Å². The lowest BCUT2D eigenvalue weighted by Crippen LogP contribution is -2.64. The molecule has 152 valence electrons. The minimum absolute atomic E-state index is 0.624. The van der Waals surface area contributed by atoms with Crippen molar-refractivity contribution in [2.24, 2.45) is 0 Å². The Morgan fingerprint density at radius 2 is 1.35 bits per heavy atom. The van der Waals surface area contributed by atoms with Crippen molar-refractivity contribution < 1.29 is 59.9 Å². The zero-order valence-electron chi connectivity index (χ0n) is 13.6. The molecule has 0 bridgehead atoms. The van der Waals surface area contributed by atoms with E-state index >= 15 is 0 Å². The van der Waals surface area contributed by atoms with Gasteiger partial charge in [0.25, 0.3) is 0 Å². The molecule has 2 heterocycles. The van der Waals surface area contributed by atoms with E-state index in [1.807, 2.05) is 0 Å². The standard InChI is InChI=1S/C14H24O12/c15-2-5-9(20)10(21)12(23)14(25-5)26-13-6(3-16)24-4(1-7(17)18)8(19)11(13)22/h4-6,8-16,19-23H,1-3H2,(H,17,18)/t4?,5-,6-,8+,9+,10+,11-,12-,13-,14?/m1/s1. The number of ether oxygens (including phenoxy) is 3. The maximum Gasteiger partial charge on any atom is 0.306 e. The third kappa shape index (κ3) is 4.31. The van der Waals surface area contributed by atoms with Crippen LogP contribution in [-0.4, -0.2) is 121 Å². The summed E-state index contributed by atoms with van der Waals surface area (Å²) < 4.78 is 15.7. The molecule has 0 spiro atoms. The normalized spacial score (nSPS) is 46.9. The molecule has 0 aliphatic carbocycles. The molecule has 10 atom stereocenters. The lowest BCUT2D eigenvalue weighted by molar-refractivity contribution is -0.342. The second kappa shape index (κ2) is 8.84. The predicted octanol–water partition coefficient (Wildman–Crippen LogP) is -4.87. The largest absolute Gasteiger partial charge is 0.481 e. The van der Waals surface area contributed by atoms with Gasteiger partial charge >= 0.3 is 5.97 Å². The van der Waals surface area contributed by atoms with Crippen LogP contribution in [0.25, 0.3) is 0 Å². The number of carbonyl (C=O) groups is 1. The SMILES string of the molecule is O=C(O)CC1O[C@H](CO)[C@@H](OC2O[C@H](CO)[C@H](O)[C@H](O)[C@H]2O)[C@H](O)[C@H]1O. The smallest absolute Gasteiger partial charge is 0.306 e. The van der Waals surface area contributed by atoms with E-state index in [0.29, 0.717) is 0 Å². The molecule has 2 fully saturated rings. The van der Waals surface area contributed by atoms with Crippen molar-refractivity contribution in [3.63, 3.8) is 0 Å². The van der Waals surface area contributed by atoms with Gasteiger partial charge in [-0.2, -0.15) is 0 Å². The molecule has 0 amide bonds. The van der Waals surface area contributed by atoms with Crippen LogP contribution >= 0.6 is 0 Å². The van der Waals surface area contributed by atoms with Crippen molar-refractivity contribution in [1.82, 2.24) is 0 Å². The lowest BCUT2D eigenvalue weighted by Gasteiger charge is -2.46. The quantitative estimate of drug-likeness (QED) is 0.217. The lowest BCUT2D eigenvalue weighted by atomic mass is 9.93. The van der Waals surface area contributed by atoms with Crippen LogP contribution in [0.3, 0.4) is 0 Å². The molecule has 2 saturated heterocycles. The highest BCUT2D eigenvalue weighted by molar-refractivity contribution is 5.67. The molecule has 26 heavy (non-hydrogen) atoms. The molecule has 2 rings (SSSR count). The molecule has 2 aliphatic heterocycles. The molecule has 8 N–H and O–H groups in total. The first-order chi connectivity index (χ1) is 12.2. The molecule has 0 aromatic heterocycles. The molecule has 12 heteroatoms. The predicted molar refractivity (Wildman–Crippen MR) is 78.7 cm³/mol. The average molecular weight is 384 g/mol. The highest BCUT2D eigenvalue weighted by Crippen LogP contribution is 2.29. The third-order valence-electron chi connectivity index (χ3n) is 4.48. The second-order valence-electron chi connectivity index (χ2n) is 6.27. The van der Waals surface area contributed by atoms with E-state index < -0.39 is 86.8 Å². The minimum atomic E-state index is -1.76. The van der Waals surface area contributed by atoms with Crippen LogP contribution in [0.4, 0.5) is 0 Å². The van der Waals surface area contributed by atoms with Crippen LogP contribution in [-0.2, 0) is 19.0 Å². The van der Waals surface area contributed by atoms with Crippen molar-refractivity contribution in [2.45, 2.75) is 67.6 Å². The molecular formula is C14H24O12. The molecular weight excluding hydrogens is 360 g/mol. The zero-order chi connectivity index (χ0) is 19.6.